The number of hydrogen-bond donors (Lipinski definition) is 0. The average molecular weight is 1200 g/mol. The lowest BCUT2D eigenvalue weighted by Crippen LogP contribution is -2.25. The minimum absolute atomic E-state index is 0.0255. The molecule has 0 fully saturated rings. The van der Waals surface area contributed by atoms with Gasteiger partial charge in [0, 0.05) is 33.4 Å². The Kier molecular flexibility index (Phi) is 18.6. The first-order chi connectivity index (χ1) is 43.0. The van der Waals surface area contributed by atoms with Gasteiger partial charge in [-0.15, -0.1) is 0 Å². The van der Waals surface area contributed by atoms with Gasteiger partial charge < -0.3 is 28.4 Å². The smallest absolute Gasteiger partial charge is 0.343 e. The molecule has 0 amide bonds. The van der Waals surface area contributed by atoms with Crippen LogP contribution in [-0.2, 0) is 0 Å². The zero-order chi connectivity index (χ0) is 64.2. The van der Waals surface area contributed by atoms with Gasteiger partial charge in [-0.3, -0.25) is 14.4 Å². The van der Waals surface area contributed by atoms with Crippen LogP contribution in [0.3, 0.4) is 0 Å². The number of rotatable bonds is 21. The van der Waals surface area contributed by atoms with Crippen LogP contribution in [0, 0.1) is 0 Å². The number of carbonyl (C=O) groups is 6. The van der Waals surface area contributed by atoms with Gasteiger partial charge in [-0.25, -0.2) is 14.4 Å². The highest BCUT2D eigenvalue weighted by Gasteiger charge is 2.37. The van der Waals surface area contributed by atoms with Crippen LogP contribution in [-0.4, -0.2) is 53.6 Å². The van der Waals surface area contributed by atoms with E-state index in [1.54, 1.807) is 170 Å². The van der Waals surface area contributed by atoms with Crippen molar-refractivity contribution in [3.05, 3.63) is 249 Å². The van der Waals surface area contributed by atoms with E-state index < -0.39 is 41.4 Å². The van der Waals surface area contributed by atoms with Crippen molar-refractivity contribution < 1.29 is 57.2 Å². The molecule has 10 aromatic rings. The van der Waals surface area contributed by atoms with E-state index in [4.69, 9.17) is 28.4 Å². The molecule has 0 aromatic heterocycles. The number of ketones is 3. The van der Waals surface area contributed by atoms with Crippen molar-refractivity contribution in [3.63, 3.8) is 0 Å². The highest BCUT2D eigenvalue weighted by Crippen LogP contribution is 2.44. The molecule has 0 bridgehead atoms. The molecule has 12 heteroatoms. The SMILES string of the molecule is CC(C)Oc1ccc(C(=O)Oc2ccc3cc(C(=O)c4c(C(C)C)c(C(=O)c5ccc6cc(OC(=O)c7ccc(OC(C)C)cc7)ccc6c5)c(C(C)C)c(C(=O)c5ccc6ccc(OC(=O)c7ccc(OC(C)C)cc7)cc6c5)c4C(C)C)ccc3c2)cc1. The summed E-state index contributed by atoms with van der Waals surface area (Å²) in [5.74, 6) is -1.27. The number of benzene rings is 10. The minimum atomic E-state index is -0.569. The summed E-state index contributed by atoms with van der Waals surface area (Å²) in [6.45, 7) is 23.3. The van der Waals surface area contributed by atoms with Crippen LogP contribution in [0.1, 0.15) is 196 Å². The Morgan fingerprint density at radius 3 is 0.756 bits per heavy atom. The molecule has 0 aliphatic carbocycles. The molecule has 0 aliphatic heterocycles. The number of fused-ring (bicyclic) bond motifs is 3. The Hall–Kier alpha value is -10.2. The van der Waals surface area contributed by atoms with Crippen LogP contribution in [0.5, 0.6) is 34.5 Å². The Morgan fingerprint density at radius 2 is 0.467 bits per heavy atom. The summed E-state index contributed by atoms with van der Waals surface area (Å²) >= 11 is 0. The first kappa shape index (κ1) is 62.8. The van der Waals surface area contributed by atoms with Crippen LogP contribution in [0.2, 0.25) is 0 Å². The summed E-state index contributed by atoms with van der Waals surface area (Å²) < 4.78 is 34.8. The monoisotopic (exact) mass is 1200 g/mol. The second-order valence-electron chi connectivity index (χ2n) is 24.2. The van der Waals surface area contributed by atoms with Crippen molar-refractivity contribution in [3.8, 4) is 34.5 Å². The Balaban J connectivity index is 1.06. The summed E-state index contributed by atoms with van der Waals surface area (Å²) in [4.78, 5) is 88.1. The Bertz CT molecular complexity index is 4220. The van der Waals surface area contributed by atoms with Crippen molar-refractivity contribution in [2.75, 3.05) is 0 Å². The fourth-order valence-corrected chi connectivity index (χ4v) is 11.3. The maximum Gasteiger partial charge on any atom is 0.343 e. The molecular formula is C78H72O12. The van der Waals surface area contributed by atoms with Crippen molar-refractivity contribution in [2.24, 2.45) is 0 Å². The molecule has 0 N–H and O–H groups in total. The van der Waals surface area contributed by atoms with Gasteiger partial charge in [0.1, 0.15) is 34.5 Å². The lowest BCUT2D eigenvalue weighted by Gasteiger charge is -2.30. The molecule has 0 atom stereocenters. The van der Waals surface area contributed by atoms with Crippen LogP contribution < -0.4 is 28.4 Å². The predicted octanol–water partition coefficient (Wildman–Crippen LogP) is 18.2. The van der Waals surface area contributed by atoms with Crippen LogP contribution in [0.4, 0.5) is 0 Å². The van der Waals surface area contributed by atoms with Crippen molar-refractivity contribution in [1.82, 2.24) is 0 Å². The summed E-state index contributed by atoms with van der Waals surface area (Å²) in [5, 5.41) is 4.19. The first-order valence-corrected chi connectivity index (χ1v) is 30.5. The summed E-state index contributed by atoms with van der Waals surface area (Å²) in [5.41, 5.74) is 4.27. The van der Waals surface area contributed by atoms with Gasteiger partial charge in [-0.05, 0) is 236 Å². The number of ether oxygens (including phenoxy) is 6. The van der Waals surface area contributed by atoms with Crippen molar-refractivity contribution >= 4 is 67.6 Å². The summed E-state index contributed by atoms with van der Waals surface area (Å²) in [7, 11) is 0. The van der Waals surface area contributed by atoms with E-state index in [-0.39, 0.29) is 52.3 Å². The second-order valence-corrected chi connectivity index (χ2v) is 24.2. The van der Waals surface area contributed by atoms with Crippen LogP contribution in [0.15, 0.2) is 182 Å². The first-order valence-electron chi connectivity index (χ1n) is 30.5. The molecule has 10 rings (SSSR count). The van der Waals surface area contributed by atoms with E-state index in [0.29, 0.717) is 106 Å². The number of esters is 3. The molecule has 0 aliphatic rings. The molecular weight excluding hydrogens is 1130 g/mol. The van der Waals surface area contributed by atoms with Crippen molar-refractivity contribution in [2.45, 2.75) is 119 Å². The molecule has 456 valence electrons. The summed E-state index contributed by atoms with van der Waals surface area (Å²) in [6.07, 6.45) is -0.0881. The Morgan fingerprint density at radius 1 is 0.244 bits per heavy atom. The topological polar surface area (TPSA) is 158 Å². The van der Waals surface area contributed by atoms with E-state index in [0.717, 1.165) is 5.39 Å². The van der Waals surface area contributed by atoms with E-state index in [1.807, 2.05) is 95.2 Å². The molecule has 0 spiro atoms. The maximum absolute atomic E-state index is 16.0. The third-order valence-electron chi connectivity index (χ3n) is 15.3. The lowest BCUT2D eigenvalue weighted by atomic mass is 9.71. The molecule has 0 saturated carbocycles. The second kappa shape index (κ2) is 26.6. The third kappa shape index (κ3) is 13.9. The summed E-state index contributed by atoms with van der Waals surface area (Å²) in [6, 6.07) is 51.7. The fraction of sp³-hybridized carbons (Fsp3) is 0.231. The van der Waals surface area contributed by atoms with Crippen LogP contribution in [0.25, 0.3) is 32.3 Å². The minimum Gasteiger partial charge on any atom is -0.491 e. The predicted molar refractivity (Wildman–Crippen MR) is 352 cm³/mol. The molecule has 10 aromatic carbocycles. The van der Waals surface area contributed by atoms with Crippen LogP contribution >= 0.6 is 0 Å². The zero-order valence-corrected chi connectivity index (χ0v) is 52.7. The average Bonchev–Trinajstić information content (AvgIpc) is 0.730. The number of hydrogen-bond acceptors (Lipinski definition) is 12. The van der Waals surface area contributed by atoms with E-state index in [1.165, 1.54) is 0 Å². The quantitative estimate of drug-likeness (QED) is 0.0381. The molecule has 0 radical (unpaired) electrons. The molecule has 0 unspecified atom stereocenters. The van der Waals surface area contributed by atoms with E-state index >= 15 is 14.4 Å². The van der Waals surface area contributed by atoms with Gasteiger partial charge in [0.25, 0.3) is 0 Å². The van der Waals surface area contributed by atoms with Gasteiger partial charge in [0.2, 0.25) is 0 Å². The lowest BCUT2D eigenvalue weighted by molar-refractivity contribution is 0.0725. The Labute approximate surface area is 524 Å². The largest absolute Gasteiger partial charge is 0.491 e. The van der Waals surface area contributed by atoms with Gasteiger partial charge in [-0.2, -0.15) is 0 Å². The number of carbonyl (C=O) groups excluding carboxylic acids is 6. The maximum atomic E-state index is 16.0. The molecule has 0 heterocycles. The molecule has 0 saturated heterocycles. The van der Waals surface area contributed by atoms with Gasteiger partial charge in [-0.1, -0.05) is 96.1 Å². The van der Waals surface area contributed by atoms with Gasteiger partial charge >= 0.3 is 17.9 Å². The van der Waals surface area contributed by atoms with Crippen molar-refractivity contribution in [1.29, 1.82) is 0 Å². The molecule has 12 nitrogen and oxygen atoms in total. The highest BCUT2D eigenvalue weighted by molar-refractivity contribution is 6.22. The fourth-order valence-electron chi connectivity index (χ4n) is 11.3. The highest BCUT2D eigenvalue weighted by atomic mass is 16.5. The zero-order valence-electron chi connectivity index (χ0n) is 52.7. The third-order valence-corrected chi connectivity index (χ3v) is 15.3. The normalized spacial score (nSPS) is 11.5. The molecule has 90 heavy (non-hydrogen) atoms. The van der Waals surface area contributed by atoms with Gasteiger partial charge in [0.05, 0.1) is 35.0 Å². The van der Waals surface area contributed by atoms with E-state index in [9.17, 15) is 14.4 Å². The van der Waals surface area contributed by atoms with Gasteiger partial charge in [0.15, 0.2) is 17.3 Å². The standard InChI is InChI=1S/C78H72O12/c1-43(2)67-70(73(79)57-17-14-55-40-64(35-26-53(55)37-57)88-76(82)50-20-28-61(29-21-50)85-46(7)8)68(44(3)4)72(75(81)59-16-13-49-19-34-66(42-60(49)39-59)90-78(84)52-24-32-63(33-25-52)87-48(11)12)69(45(5)6)71(67)74(80)58-18-15-56-41-65(36-27-54(56)38-58)89-77(83)51-22-30-62(31-23-51)86-47(9)10/h13-48H,1-12H3. The van der Waals surface area contributed by atoms with E-state index in [2.05, 4.69) is 0 Å².